The average Bonchev–Trinajstić information content (AvgIpc) is 1.90. The van der Waals surface area contributed by atoms with Crippen LogP contribution in [0.5, 0.6) is 0 Å². The Morgan fingerprint density at radius 2 is 2.62 bits per heavy atom. The third-order valence-corrected chi connectivity index (χ3v) is 2.43. The first-order chi connectivity index (χ1) is 3.93. The maximum Gasteiger partial charge on any atom is 0.0312 e. The van der Waals surface area contributed by atoms with Crippen LogP contribution in [0.4, 0.5) is 0 Å². The van der Waals surface area contributed by atoms with E-state index in [4.69, 9.17) is 5.73 Å². The van der Waals surface area contributed by atoms with Gasteiger partial charge in [-0.15, -0.1) is 0 Å². The van der Waals surface area contributed by atoms with Gasteiger partial charge < -0.3 is 5.73 Å². The molecule has 0 aromatic carbocycles. The second-order valence-electron chi connectivity index (χ2n) is 1.86. The van der Waals surface area contributed by atoms with Crippen molar-refractivity contribution in [2.75, 3.05) is 25.4 Å². The molecule has 0 bridgehead atoms. The van der Waals surface area contributed by atoms with Gasteiger partial charge in [0.2, 0.25) is 0 Å². The topological polar surface area (TPSA) is 40.1 Å². The number of hydrogen-bond donors (Lipinski definition) is 1. The molecule has 2 nitrogen and oxygen atoms in total. The van der Waals surface area contributed by atoms with E-state index in [-0.39, 0.29) is 0 Å². The first-order valence-electron chi connectivity index (χ1n) is 2.88. The fourth-order valence-electron chi connectivity index (χ4n) is 0.714. The lowest BCUT2D eigenvalue weighted by atomic mass is 10.4. The van der Waals surface area contributed by atoms with Crippen LogP contribution < -0.4 is 11.1 Å². The highest BCUT2D eigenvalue weighted by Crippen LogP contribution is 2.11. The van der Waals surface area contributed by atoms with Gasteiger partial charge in [-0.05, 0) is 0 Å². The van der Waals surface area contributed by atoms with Crippen molar-refractivity contribution in [1.29, 1.82) is 0 Å². The number of hydrogen-bond acceptors (Lipinski definition) is 2. The second kappa shape index (κ2) is 3.33. The molecular weight excluding hydrogens is 120 g/mol. The third kappa shape index (κ3) is 1.65. The van der Waals surface area contributed by atoms with E-state index in [0.29, 0.717) is 5.25 Å². The quantitative estimate of drug-likeness (QED) is 0.529. The summed E-state index contributed by atoms with van der Waals surface area (Å²) in [4.78, 5) is 0. The Morgan fingerprint density at radius 1 is 1.75 bits per heavy atom. The molecule has 1 atom stereocenters. The van der Waals surface area contributed by atoms with Crippen LogP contribution in [0.3, 0.4) is 0 Å². The third-order valence-electron chi connectivity index (χ3n) is 1.20. The van der Waals surface area contributed by atoms with Gasteiger partial charge in [-0.2, -0.15) is 11.8 Å². The molecule has 2 N–H and O–H groups in total. The monoisotopic (exact) mass is 131 g/mol. The van der Waals surface area contributed by atoms with Crippen molar-refractivity contribution >= 4 is 11.8 Å². The lowest BCUT2D eigenvalue weighted by molar-refractivity contribution is 0.660. The number of nitrogens with zero attached hydrogens (tertiary/aromatic N) is 1. The Kier molecular flexibility index (Phi) is 2.66. The van der Waals surface area contributed by atoms with E-state index < -0.39 is 0 Å². The van der Waals surface area contributed by atoms with Gasteiger partial charge in [0.1, 0.15) is 0 Å². The predicted octanol–water partition coefficient (Wildman–Crippen LogP) is -0.335. The molecule has 0 aromatic heterocycles. The standard InChI is InChI=1S/C5H11N2S/c6-3-5-4-7-1-2-8-5/h5H,1-4,6H2. The summed E-state index contributed by atoms with van der Waals surface area (Å²) in [6, 6.07) is 0. The van der Waals surface area contributed by atoms with E-state index in [2.05, 4.69) is 5.32 Å². The number of thioether (sulfide) groups is 1. The highest BCUT2D eigenvalue weighted by atomic mass is 32.2. The van der Waals surface area contributed by atoms with Crippen LogP contribution in [0.15, 0.2) is 0 Å². The SMILES string of the molecule is NCC1C[N]CCS1. The summed E-state index contributed by atoms with van der Waals surface area (Å²) in [6.07, 6.45) is 0. The summed E-state index contributed by atoms with van der Waals surface area (Å²) in [5.41, 5.74) is 5.42. The highest BCUT2D eigenvalue weighted by Gasteiger charge is 2.10. The van der Waals surface area contributed by atoms with Crippen LogP contribution in [0.2, 0.25) is 0 Å². The zero-order valence-electron chi connectivity index (χ0n) is 4.84. The van der Waals surface area contributed by atoms with Crippen molar-refractivity contribution in [2.45, 2.75) is 5.25 Å². The van der Waals surface area contributed by atoms with Gasteiger partial charge in [0.15, 0.2) is 0 Å². The van der Waals surface area contributed by atoms with Crippen molar-refractivity contribution in [2.24, 2.45) is 5.73 Å². The summed E-state index contributed by atoms with van der Waals surface area (Å²) >= 11 is 1.94. The molecule has 1 aliphatic heterocycles. The van der Waals surface area contributed by atoms with Gasteiger partial charge in [0.05, 0.1) is 0 Å². The minimum Gasteiger partial charge on any atom is -0.329 e. The highest BCUT2D eigenvalue weighted by molar-refractivity contribution is 8.00. The molecule has 0 spiro atoms. The Hall–Kier alpha value is 0.270. The zero-order chi connectivity index (χ0) is 5.82. The van der Waals surface area contributed by atoms with Gasteiger partial charge in [-0.3, -0.25) is 0 Å². The van der Waals surface area contributed by atoms with Gasteiger partial charge in [0, 0.05) is 30.6 Å². The fourth-order valence-corrected chi connectivity index (χ4v) is 1.63. The molecule has 1 heterocycles. The molecule has 1 unspecified atom stereocenters. The van der Waals surface area contributed by atoms with E-state index in [1.165, 1.54) is 5.75 Å². The molecule has 1 saturated heterocycles. The van der Waals surface area contributed by atoms with E-state index >= 15 is 0 Å². The van der Waals surface area contributed by atoms with Crippen LogP contribution in [-0.2, 0) is 0 Å². The fraction of sp³-hybridized carbons (Fsp3) is 1.00. The smallest absolute Gasteiger partial charge is 0.0312 e. The minimum atomic E-state index is 0.615. The Labute approximate surface area is 54.2 Å². The molecule has 1 aliphatic rings. The molecule has 0 amide bonds. The number of nitrogens with two attached hydrogens (primary N) is 1. The van der Waals surface area contributed by atoms with Crippen LogP contribution >= 0.6 is 11.8 Å². The van der Waals surface area contributed by atoms with Crippen molar-refractivity contribution in [3.8, 4) is 0 Å². The summed E-state index contributed by atoms with van der Waals surface area (Å²) in [5.74, 6) is 1.17. The molecule has 8 heavy (non-hydrogen) atoms. The van der Waals surface area contributed by atoms with Crippen molar-refractivity contribution < 1.29 is 0 Å². The van der Waals surface area contributed by atoms with Crippen LogP contribution in [0.1, 0.15) is 0 Å². The van der Waals surface area contributed by atoms with Crippen molar-refractivity contribution in [1.82, 2.24) is 5.32 Å². The minimum absolute atomic E-state index is 0.615. The molecule has 0 aromatic rings. The number of rotatable bonds is 1. The summed E-state index contributed by atoms with van der Waals surface area (Å²) < 4.78 is 0. The molecule has 0 saturated carbocycles. The Bertz CT molecular complexity index is 61.4. The van der Waals surface area contributed by atoms with E-state index in [1.54, 1.807) is 0 Å². The zero-order valence-corrected chi connectivity index (χ0v) is 5.66. The van der Waals surface area contributed by atoms with Crippen molar-refractivity contribution in [3.63, 3.8) is 0 Å². The van der Waals surface area contributed by atoms with E-state index in [1.807, 2.05) is 11.8 Å². The van der Waals surface area contributed by atoms with Crippen LogP contribution in [0, 0.1) is 0 Å². The lowest BCUT2D eigenvalue weighted by Gasteiger charge is -2.18. The Balaban J connectivity index is 2.13. The average molecular weight is 131 g/mol. The Morgan fingerprint density at radius 3 is 3.00 bits per heavy atom. The van der Waals surface area contributed by atoms with Crippen LogP contribution in [-0.4, -0.2) is 30.6 Å². The molecule has 0 aliphatic carbocycles. The van der Waals surface area contributed by atoms with Crippen molar-refractivity contribution in [3.05, 3.63) is 0 Å². The summed E-state index contributed by atoms with van der Waals surface area (Å²) in [5, 5.41) is 4.84. The lowest BCUT2D eigenvalue weighted by Crippen LogP contribution is -2.32. The second-order valence-corrected chi connectivity index (χ2v) is 3.27. The molecular formula is C5H11N2S. The first kappa shape index (κ1) is 6.39. The van der Waals surface area contributed by atoms with E-state index in [9.17, 15) is 0 Å². The maximum atomic E-state index is 5.42. The van der Waals surface area contributed by atoms with Crippen LogP contribution in [0.25, 0.3) is 0 Å². The molecule has 1 radical (unpaired) electrons. The van der Waals surface area contributed by atoms with E-state index in [0.717, 1.165) is 19.6 Å². The van der Waals surface area contributed by atoms with Gasteiger partial charge in [-0.1, -0.05) is 0 Å². The van der Waals surface area contributed by atoms with Gasteiger partial charge >= 0.3 is 0 Å². The predicted molar refractivity (Wildman–Crippen MR) is 37.2 cm³/mol. The molecule has 1 fully saturated rings. The summed E-state index contributed by atoms with van der Waals surface area (Å²) in [7, 11) is 0. The first-order valence-corrected chi connectivity index (χ1v) is 3.93. The largest absolute Gasteiger partial charge is 0.329 e. The maximum absolute atomic E-state index is 5.42. The van der Waals surface area contributed by atoms with Gasteiger partial charge in [-0.25, -0.2) is 5.32 Å². The molecule has 47 valence electrons. The molecule has 1 rings (SSSR count). The summed E-state index contributed by atoms with van der Waals surface area (Å²) in [6.45, 7) is 2.79. The van der Waals surface area contributed by atoms with Gasteiger partial charge in [0.25, 0.3) is 0 Å². The molecule has 3 heteroatoms. The normalized spacial score (nSPS) is 30.4.